The van der Waals surface area contributed by atoms with Crippen molar-refractivity contribution in [3.63, 3.8) is 0 Å². The van der Waals surface area contributed by atoms with Gasteiger partial charge in [0.2, 0.25) is 0 Å². The van der Waals surface area contributed by atoms with Crippen molar-refractivity contribution in [3.8, 4) is 0 Å². The van der Waals surface area contributed by atoms with Crippen molar-refractivity contribution in [3.05, 3.63) is 53.6 Å². The van der Waals surface area contributed by atoms with E-state index in [4.69, 9.17) is 5.73 Å². The first-order chi connectivity index (χ1) is 8.86. The van der Waals surface area contributed by atoms with Gasteiger partial charge in [0, 0.05) is 17.1 Å². The van der Waals surface area contributed by atoms with Gasteiger partial charge in [-0.15, -0.1) is 0 Å². The van der Waals surface area contributed by atoms with E-state index < -0.39 is 11.7 Å². The Kier molecular flexibility index (Phi) is 3.38. The van der Waals surface area contributed by atoms with E-state index in [1.54, 1.807) is 18.2 Å². The Morgan fingerprint density at radius 2 is 1.68 bits per heavy atom. The maximum absolute atomic E-state index is 12.6. The molecule has 2 aromatic rings. The van der Waals surface area contributed by atoms with E-state index in [1.165, 1.54) is 6.07 Å². The van der Waals surface area contributed by atoms with Gasteiger partial charge in [-0.3, -0.25) is 0 Å². The molecule has 0 bridgehead atoms. The van der Waals surface area contributed by atoms with Crippen LogP contribution in [0.15, 0.2) is 42.5 Å². The zero-order valence-corrected chi connectivity index (χ0v) is 10.3. The fraction of sp³-hybridized carbons (Fsp3) is 0.143. The van der Waals surface area contributed by atoms with Crippen LogP contribution >= 0.6 is 0 Å². The second-order valence-corrected chi connectivity index (χ2v) is 4.27. The lowest BCUT2D eigenvalue weighted by Crippen LogP contribution is -2.05. The van der Waals surface area contributed by atoms with Crippen molar-refractivity contribution in [1.82, 2.24) is 0 Å². The molecule has 0 atom stereocenters. The minimum absolute atomic E-state index is 0.373. The molecule has 0 unspecified atom stereocenters. The molecule has 0 fully saturated rings. The lowest BCUT2D eigenvalue weighted by Gasteiger charge is -2.11. The van der Waals surface area contributed by atoms with Crippen molar-refractivity contribution < 1.29 is 13.2 Å². The molecule has 5 heteroatoms. The number of rotatable bonds is 2. The summed E-state index contributed by atoms with van der Waals surface area (Å²) in [6.07, 6.45) is -4.34. The van der Waals surface area contributed by atoms with Crippen LogP contribution in [0.4, 0.5) is 30.2 Å². The summed E-state index contributed by atoms with van der Waals surface area (Å²) >= 11 is 0. The number of anilines is 3. The smallest absolute Gasteiger partial charge is 0.398 e. The lowest BCUT2D eigenvalue weighted by molar-refractivity contribution is -0.137. The molecule has 2 aromatic carbocycles. The van der Waals surface area contributed by atoms with Gasteiger partial charge in [0.25, 0.3) is 0 Å². The van der Waals surface area contributed by atoms with Gasteiger partial charge in [0.05, 0.1) is 5.56 Å². The third kappa shape index (κ3) is 3.19. The molecule has 0 aliphatic rings. The van der Waals surface area contributed by atoms with Gasteiger partial charge < -0.3 is 11.1 Å². The van der Waals surface area contributed by atoms with Crippen LogP contribution in [-0.2, 0) is 6.18 Å². The standard InChI is InChI=1S/C14H13F3N2/c1-9-5-6-12(8-13(9)18)19-11-4-2-3-10(7-11)14(15,16)17/h2-8,19H,18H2,1H3. The molecule has 19 heavy (non-hydrogen) atoms. The van der Waals surface area contributed by atoms with Crippen LogP contribution in [0.1, 0.15) is 11.1 Å². The highest BCUT2D eigenvalue weighted by Gasteiger charge is 2.30. The van der Waals surface area contributed by atoms with Crippen LogP contribution in [0.25, 0.3) is 0 Å². The molecule has 0 spiro atoms. The molecule has 3 N–H and O–H groups in total. The van der Waals surface area contributed by atoms with Crippen LogP contribution in [0.3, 0.4) is 0 Å². The van der Waals surface area contributed by atoms with Crippen LogP contribution in [0.5, 0.6) is 0 Å². The summed E-state index contributed by atoms with van der Waals surface area (Å²) in [7, 11) is 0. The average molecular weight is 266 g/mol. The summed E-state index contributed by atoms with van der Waals surface area (Å²) in [5.74, 6) is 0. The molecule has 100 valence electrons. The van der Waals surface area contributed by atoms with E-state index in [2.05, 4.69) is 5.32 Å². The number of alkyl halides is 3. The highest BCUT2D eigenvalue weighted by atomic mass is 19.4. The van der Waals surface area contributed by atoms with E-state index in [1.807, 2.05) is 13.0 Å². The minimum Gasteiger partial charge on any atom is -0.398 e. The highest BCUT2D eigenvalue weighted by molar-refractivity contribution is 5.65. The number of halogens is 3. The summed E-state index contributed by atoms with van der Waals surface area (Å²) in [5.41, 5.74) is 7.62. The normalized spacial score (nSPS) is 11.4. The molecule has 0 saturated carbocycles. The first-order valence-electron chi connectivity index (χ1n) is 5.67. The molecule has 0 radical (unpaired) electrons. The minimum atomic E-state index is -4.34. The van der Waals surface area contributed by atoms with Crippen LogP contribution in [0.2, 0.25) is 0 Å². The third-order valence-corrected chi connectivity index (χ3v) is 2.76. The maximum atomic E-state index is 12.6. The van der Waals surface area contributed by atoms with E-state index in [0.717, 1.165) is 17.7 Å². The van der Waals surface area contributed by atoms with Gasteiger partial charge in [-0.25, -0.2) is 0 Å². The summed E-state index contributed by atoms with van der Waals surface area (Å²) in [6, 6.07) is 10.3. The first-order valence-corrected chi connectivity index (χ1v) is 5.67. The van der Waals surface area contributed by atoms with E-state index in [0.29, 0.717) is 17.1 Å². The van der Waals surface area contributed by atoms with E-state index in [9.17, 15) is 13.2 Å². The Bertz CT molecular complexity index is 591. The average Bonchev–Trinajstić information content (AvgIpc) is 2.33. The number of nitrogen functional groups attached to an aromatic ring is 1. The largest absolute Gasteiger partial charge is 0.416 e. The molecule has 0 heterocycles. The second-order valence-electron chi connectivity index (χ2n) is 4.27. The molecule has 0 aliphatic heterocycles. The van der Waals surface area contributed by atoms with Crippen molar-refractivity contribution in [1.29, 1.82) is 0 Å². The fourth-order valence-corrected chi connectivity index (χ4v) is 1.66. The zero-order valence-electron chi connectivity index (χ0n) is 10.3. The quantitative estimate of drug-likeness (QED) is 0.793. The first kappa shape index (κ1) is 13.3. The second kappa shape index (κ2) is 4.84. The topological polar surface area (TPSA) is 38.0 Å². The Labute approximate surface area is 109 Å². The van der Waals surface area contributed by atoms with Gasteiger partial charge in [-0.1, -0.05) is 12.1 Å². The van der Waals surface area contributed by atoms with Crippen molar-refractivity contribution in [2.75, 3.05) is 11.1 Å². The van der Waals surface area contributed by atoms with Crippen molar-refractivity contribution in [2.24, 2.45) is 0 Å². The van der Waals surface area contributed by atoms with Crippen molar-refractivity contribution in [2.45, 2.75) is 13.1 Å². The van der Waals surface area contributed by atoms with E-state index in [-0.39, 0.29) is 0 Å². The van der Waals surface area contributed by atoms with Gasteiger partial charge in [-0.05, 0) is 42.8 Å². The summed E-state index contributed by atoms with van der Waals surface area (Å²) in [5, 5.41) is 2.90. The van der Waals surface area contributed by atoms with Crippen LogP contribution < -0.4 is 11.1 Å². The number of benzene rings is 2. The Morgan fingerprint density at radius 1 is 1.00 bits per heavy atom. The number of hydrogen-bond donors (Lipinski definition) is 2. The molecular formula is C14H13F3N2. The van der Waals surface area contributed by atoms with Gasteiger partial charge in [0.1, 0.15) is 0 Å². The number of hydrogen-bond acceptors (Lipinski definition) is 2. The van der Waals surface area contributed by atoms with Crippen molar-refractivity contribution >= 4 is 17.1 Å². The van der Waals surface area contributed by atoms with Gasteiger partial charge >= 0.3 is 6.18 Å². The molecule has 0 aliphatic carbocycles. The predicted molar refractivity (Wildman–Crippen MR) is 70.3 cm³/mol. The van der Waals surface area contributed by atoms with Gasteiger partial charge in [0.15, 0.2) is 0 Å². The van der Waals surface area contributed by atoms with Gasteiger partial charge in [-0.2, -0.15) is 13.2 Å². The molecule has 0 saturated heterocycles. The Morgan fingerprint density at radius 3 is 2.32 bits per heavy atom. The molecule has 0 aromatic heterocycles. The summed E-state index contributed by atoms with van der Waals surface area (Å²) in [6.45, 7) is 1.86. The fourth-order valence-electron chi connectivity index (χ4n) is 1.66. The van der Waals surface area contributed by atoms with E-state index >= 15 is 0 Å². The Hall–Kier alpha value is -2.17. The maximum Gasteiger partial charge on any atom is 0.416 e. The number of nitrogens with one attached hydrogen (secondary N) is 1. The monoisotopic (exact) mass is 266 g/mol. The van der Waals surface area contributed by atoms with Crippen LogP contribution in [-0.4, -0.2) is 0 Å². The molecule has 0 amide bonds. The molecule has 2 rings (SSSR count). The Balaban J connectivity index is 2.26. The summed E-state index contributed by atoms with van der Waals surface area (Å²) in [4.78, 5) is 0. The molecule has 2 nitrogen and oxygen atoms in total. The highest BCUT2D eigenvalue weighted by Crippen LogP contribution is 2.31. The number of nitrogens with two attached hydrogens (primary N) is 1. The third-order valence-electron chi connectivity index (χ3n) is 2.76. The summed E-state index contributed by atoms with van der Waals surface area (Å²) < 4.78 is 37.7. The number of aryl methyl sites for hydroxylation is 1. The lowest BCUT2D eigenvalue weighted by atomic mass is 10.1. The molecular weight excluding hydrogens is 253 g/mol. The SMILES string of the molecule is Cc1ccc(Nc2cccc(C(F)(F)F)c2)cc1N. The predicted octanol–water partition coefficient (Wildman–Crippen LogP) is 4.34. The zero-order chi connectivity index (χ0) is 14.0. The van der Waals surface area contributed by atoms with Crippen LogP contribution in [0, 0.1) is 6.92 Å².